The predicted octanol–water partition coefficient (Wildman–Crippen LogP) is 7.33. The lowest BCUT2D eigenvalue weighted by molar-refractivity contribution is -0.115. The fourth-order valence-electron chi connectivity index (χ4n) is 5.02. The van der Waals surface area contributed by atoms with Gasteiger partial charge in [0.05, 0.1) is 17.4 Å². The lowest BCUT2D eigenvalue weighted by Gasteiger charge is -2.16. The van der Waals surface area contributed by atoms with E-state index in [4.69, 9.17) is 9.72 Å². The number of thiophene rings is 1. The third-order valence-electron chi connectivity index (χ3n) is 7.04. The highest BCUT2D eigenvalue weighted by atomic mass is 32.2. The van der Waals surface area contributed by atoms with Gasteiger partial charge in [0.25, 0.3) is 0 Å². The van der Waals surface area contributed by atoms with E-state index in [9.17, 15) is 9.59 Å². The van der Waals surface area contributed by atoms with Gasteiger partial charge in [-0.15, -0.1) is 21.5 Å². The summed E-state index contributed by atoms with van der Waals surface area (Å²) >= 11 is 2.65. The first kappa shape index (κ1) is 27.8. The van der Waals surface area contributed by atoms with Gasteiger partial charge >= 0.3 is 5.97 Å². The summed E-state index contributed by atoms with van der Waals surface area (Å²) in [5, 5.41) is 12.3. The van der Waals surface area contributed by atoms with Gasteiger partial charge in [-0.3, -0.25) is 4.79 Å². The van der Waals surface area contributed by atoms with Crippen LogP contribution in [0, 0.1) is 0 Å². The molecule has 1 amide bonds. The van der Waals surface area contributed by atoms with Crippen molar-refractivity contribution in [1.29, 1.82) is 0 Å². The fourth-order valence-corrected chi connectivity index (χ4v) is 7.04. The van der Waals surface area contributed by atoms with Crippen LogP contribution in [0.15, 0.2) is 90.1 Å². The highest BCUT2D eigenvalue weighted by Crippen LogP contribution is 2.45. The Morgan fingerprint density at radius 2 is 1.57 bits per heavy atom. The lowest BCUT2D eigenvalue weighted by atomic mass is 9.89. The topological polar surface area (TPSA) is 94.1 Å². The molecule has 0 radical (unpaired) electrons. The summed E-state index contributed by atoms with van der Waals surface area (Å²) in [6, 6.07) is 27.8. The van der Waals surface area contributed by atoms with Crippen molar-refractivity contribution >= 4 is 40.0 Å². The molecule has 9 heteroatoms. The van der Waals surface area contributed by atoms with Gasteiger partial charge in [-0.2, -0.15) is 0 Å². The number of carbonyl (C=O) groups excluding carboxylic acids is 2. The number of benzene rings is 3. The summed E-state index contributed by atoms with van der Waals surface area (Å²) < 4.78 is 5.40. The number of aromatic nitrogens is 3. The standard InChI is InChI=1S/C33H28N4O3S2/c1-3-40-32(39)26-25-19-18-21-12-10-11-17-24(21)29(25)42-31(26)35-30(38)20(2)41-33-34-27(22-13-6-4-7-14-22)28(36-37-33)23-15-8-5-9-16-23/h4-17,20H,3,18-19H2,1-2H3,(H,35,38). The fraction of sp³-hybridized carbons (Fsp3) is 0.182. The van der Waals surface area contributed by atoms with Crippen LogP contribution in [0.2, 0.25) is 0 Å². The van der Waals surface area contributed by atoms with E-state index in [1.165, 1.54) is 28.7 Å². The maximum atomic E-state index is 13.5. The van der Waals surface area contributed by atoms with Crippen LogP contribution in [-0.2, 0) is 22.4 Å². The summed E-state index contributed by atoms with van der Waals surface area (Å²) in [5.41, 5.74) is 6.91. The molecular formula is C33H28N4O3S2. The van der Waals surface area contributed by atoms with Crippen LogP contribution in [0.4, 0.5) is 5.00 Å². The highest BCUT2D eigenvalue weighted by molar-refractivity contribution is 8.00. The summed E-state index contributed by atoms with van der Waals surface area (Å²) in [7, 11) is 0. The second-order valence-corrected chi connectivity index (χ2v) is 12.1. The number of nitrogens with one attached hydrogen (secondary N) is 1. The SMILES string of the molecule is CCOC(=O)c1c(NC(=O)C(C)Sc2nnc(-c3ccccc3)c(-c3ccccc3)n2)sc2c1CCc1ccccc1-2. The van der Waals surface area contributed by atoms with Crippen LogP contribution in [0.25, 0.3) is 33.0 Å². The molecule has 1 aliphatic rings. The molecule has 1 atom stereocenters. The number of rotatable bonds is 8. The van der Waals surface area contributed by atoms with Gasteiger partial charge in [0.2, 0.25) is 11.1 Å². The minimum Gasteiger partial charge on any atom is -0.462 e. The molecular weight excluding hydrogens is 565 g/mol. The Bertz CT molecular complexity index is 1760. The average molecular weight is 593 g/mol. The Kier molecular flexibility index (Phi) is 8.12. The van der Waals surface area contributed by atoms with Crippen LogP contribution < -0.4 is 5.32 Å². The van der Waals surface area contributed by atoms with Crippen molar-refractivity contribution in [3.8, 4) is 33.0 Å². The molecule has 0 saturated carbocycles. The normalized spacial score (nSPS) is 12.6. The van der Waals surface area contributed by atoms with E-state index in [-0.39, 0.29) is 12.5 Å². The monoisotopic (exact) mass is 592 g/mol. The summed E-state index contributed by atoms with van der Waals surface area (Å²) in [4.78, 5) is 32.4. The van der Waals surface area contributed by atoms with E-state index in [1.54, 1.807) is 13.8 Å². The van der Waals surface area contributed by atoms with Crippen molar-refractivity contribution in [2.75, 3.05) is 11.9 Å². The maximum Gasteiger partial charge on any atom is 0.341 e. The average Bonchev–Trinajstić information content (AvgIpc) is 3.40. The van der Waals surface area contributed by atoms with E-state index in [2.05, 4.69) is 27.6 Å². The molecule has 0 fully saturated rings. The number of thioether (sulfide) groups is 1. The van der Waals surface area contributed by atoms with Gasteiger partial charge in [0.1, 0.15) is 16.4 Å². The van der Waals surface area contributed by atoms with Gasteiger partial charge < -0.3 is 10.1 Å². The smallest absolute Gasteiger partial charge is 0.341 e. The number of hydrogen-bond acceptors (Lipinski definition) is 8. The molecule has 5 aromatic rings. The Morgan fingerprint density at radius 1 is 0.905 bits per heavy atom. The van der Waals surface area contributed by atoms with E-state index < -0.39 is 11.2 Å². The summed E-state index contributed by atoms with van der Waals surface area (Å²) in [5.74, 6) is -0.670. The number of aryl methyl sites for hydroxylation is 1. The van der Waals surface area contributed by atoms with Gasteiger partial charge in [-0.25, -0.2) is 9.78 Å². The molecule has 42 heavy (non-hydrogen) atoms. The molecule has 0 aliphatic heterocycles. The Morgan fingerprint density at radius 3 is 2.29 bits per heavy atom. The molecule has 7 nitrogen and oxygen atoms in total. The zero-order valence-electron chi connectivity index (χ0n) is 23.2. The Balaban J connectivity index is 1.28. The molecule has 0 saturated heterocycles. The van der Waals surface area contributed by atoms with Crippen molar-refractivity contribution in [2.45, 2.75) is 37.1 Å². The third kappa shape index (κ3) is 5.57. The molecule has 2 heterocycles. The molecule has 0 spiro atoms. The first-order chi connectivity index (χ1) is 20.5. The molecule has 210 valence electrons. The van der Waals surface area contributed by atoms with E-state index in [0.717, 1.165) is 33.6 Å². The summed E-state index contributed by atoms with van der Waals surface area (Å²) in [6.07, 6.45) is 1.55. The molecule has 1 unspecified atom stereocenters. The van der Waals surface area contributed by atoms with Crippen LogP contribution in [0.1, 0.15) is 35.3 Å². The van der Waals surface area contributed by atoms with Crippen molar-refractivity contribution in [1.82, 2.24) is 15.2 Å². The predicted molar refractivity (Wildman–Crippen MR) is 168 cm³/mol. The first-order valence-corrected chi connectivity index (χ1v) is 15.5. The molecule has 3 aromatic carbocycles. The molecule has 6 rings (SSSR count). The minimum atomic E-state index is -0.556. The molecule has 0 bridgehead atoms. The third-order valence-corrected chi connectivity index (χ3v) is 9.17. The molecule has 1 aliphatic carbocycles. The van der Waals surface area contributed by atoms with E-state index >= 15 is 0 Å². The van der Waals surface area contributed by atoms with Crippen molar-refractivity contribution in [2.24, 2.45) is 0 Å². The maximum absolute atomic E-state index is 13.5. The number of nitrogens with zero attached hydrogens (tertiary/aromatic N) is 3. The number of esters is 1. The van der Waals surface area contributed by atoms with Gasteiger partial charge in [0.15, 0.2) is 0 Å². The first-order valence-electron chi connectivity index (χ1n) is 13.8. The van der Waals surface area contributed by atoms with E-state index in [0.29, 0.717) is 33.5 Å². The number of hydrogen-bond donors (Lipinski definition) is 1. The number of amides is 1. The largest absolute Gasteiger partial charge is 0.462 e. The number of carbonyl (C=O) groups is 2. The second kappa shape index (κ2) is 12.3. The molecule has 2 aromatic heterocycles. The Labute approximate surface area is 252 Å². The number of ether oxygens (including phenoxy) is 1. The molecule has 1 N–H and O–H groups in total. The van der Waals surface area contributed by atoms with E-state index in [1.807, 2.05) is 72.8 Å². The Hall–Kier alpha value is -4.34. The van der Waals surface area contributed by atoms with Gasteiger partial charge in [0, 0.05) is 16.0 Å². The summed E-state index contributed by atoms with van der Waals surface area (Å²) in [6.45, 7) is 3.83. The highest BCUT2D eigenvalue weighted by Gasteiger charge is 2.30. The minimum absolute atomic E-state index is 0.255. The zero-order chi connectivity index (χ0) is 29.1. The van der Waals surface area contributed by atoms with Gasteiger partial charge in [-0.1, -0.05) is 96.7 Å². The zero-order valence-corrected chi connectivity index (χ0v) is 24.8. The lowest BCUT2D eigenvalue weighted by Crippen LogP contribution is -2.23. The number of anilines is 1. The van der Waals surface area contributed by atoms with Crippen molar-refractivity contribution < 1.29 is 14.3 Å². The van der Waals surface area contributed by atoms with Gasteiger partial charge in [-0.05, 0) is 43.4 Å². The van der Waals surface area contributed by atoms with Crippen molar-refractivity contribution in [3.05, 3.63) is 102 Å². The van der Waals surface area contributed by atoms with Crippen molar-refractivity contribution in [3.63, 3.8) is 0 Å². The second-order valence-electron chi connectivity index (χ2n) is 9.76. The van der Waals surface area contributed by atoms with Crippen LogP contribution in [0.3, 0.4) is 0 Å². The van der Waals surface area contributed by atoms with Crippen LogP contribution >= 0.6 is 23.1 Å². The van der Waals surface area contributed by atoms with Crippen LogP contribution in [-0.4, -0.2) is 38.9 Å². The number of fused-ring (bicyclic) bond motifs is 3. The quantitative estimate of drug-likeness (QED) is 0.149. The van der Waals surface area contributed by atoms with Crippen LogP contribution in [0.5, 0.6) is 0 Å².